The first-order chi connectivity index (χ1) is 8.86. The minimum Gasteiger partial charge on any atom is -0.324 e. The average Bonchev–Trinajstić information content (AvgIpc) is 2.29. The molecule has 3 nitrogen and oxygen atoms in total. The Balaban J connectivity index is 2.92. The second-order valence-corrected chi connectivity index (χ2v) is 5.17. The largest absolute Gasteiger partial charge is 0.324 e. The number of nitrogens with zero attached hydrogens (tertiary/aromatic N) is 1. The van der Waals surface area contributed by atoms with Crippen LogP contribution < -0.4 is 5.32 Å². The second kappa shape index (κ2) is 6.66. The van der Waals surface area contributed by atoms with Gasteiger partial charge < -0.3 is 5.32 Å². The number of nitrogens with one attached hydrogen (secondary N) is 1. The van der Waals surface area contributed by atoms with Gasteiger partial charge in [0.25, 0.3) is 0 Å². The lowest BCUT2D eigenvalue weighted by molar-refractivity contribution is -0.120. The molecule has 0 saturated carbocycles. The lowest BCUT2D eigenvalue weighted by Gasteiger charge is -2.24. The minimum absolute atomic E-state index is 0.0374. The molecule has 1 unspecified atom stereocenters. The lowest BCUT2D eigenvalue weighted by Crippen LogP contribution is -2.39. The average molecular weight is 266 g/mol. The Kier molecular flexibility index (Phi) is 5.48. The normalized spacial score (nSPS) is 12.6. The van der Waals surface area contributed by atoms with E-state index in [0.29, 0.717) is 5.69 Å². The van der Waals surface area contributed by atoms with Gasteiger partial charge in [-0.25, -0.2) is 4.39 Å². The van der Waals surface area contributed by atoms with Gasteiger partial charge in [-0.3, -0.25) is 9.69 Å². The summed E-state index contributed by atoms with van der Waals surface area (Å²) >= 11 is 0. The summed E-state index contributed by atoms with van der Waals surface area (Å²) in [5.74, 6) is -0.310. The van der Waals surface area contributed by atoms with E-state index in [1.165, 1.54) is 12.1 Å². The maximum atomic E-state index is 13.2. The number of anilines is 1. The zero-order chi connectivity index (χ0) is 14.6. The summed E-state index contributed by atoms with van der Waals surface area (Å²) < 4.78 is 13.2. The monoisotopic (exact) mass is 266 g/mol. The third-order valence-electron chi connectivity index (χ3n) is 3.23. The third-order valence-corrected chi connectivity index (χ3v) is 3.23. The smallest absolute Gasteiger partial charge is 0.241 e. The summed E-state index contributed by atoms with van der Waals surface area (Å²) in [6, 6.07) is 2.72. The van der Waals surface area contributed by atoms with Crippen LogP contribution in [0.4, 0.5) is 10.1 Å². The molecule has 1 atom stereocenters. The van der Waals surface area contributed by atoms with Crippen LogP contribution in [0.3, 0.4) is 0 Å². The van der Waals surface area contributed by atoms with Crippen LogP contribution in [0, 0.1) is 19.7 Å². The number of hydrogen-bond donors (Lipinski definition) is 1. The van der Waals surface area contributed by atoms with Crippen molar-refractivity contribution in [1.82, 2.24) is 4.90 Å². The predicted molar refractivity (Wildman–Crippen MR) is 76.9 cm³/mol. The number of carbonyl (C=O) groups excluding carboxylic acids is 1. The number of carbonyl (C=O) groups is 1. The molecule has 4 heteroatoms. The van der Waals surface area contributed by atoms with Gasteiger partial charge in [0.2, 0.25) is 5.91 Å². The SMILES string of the molecule is CCCC(C(=O)Nc1c(C)cc(F)cc1C)N(C)C. The van der Waals surface area contributed by atoms with Crippen molar-refractivity contribution in [2.45, 2.75) is 39.7 Å². The molecule has 106 valence electrons. The maximum Gasteiger partial charge on any atom is 0.241 e. The molecule has 1 aromatic rings. The molecule has 0 spiro atoms. The molecule has 19 heavy (non-hydrogen) atoms. The minimum atomic E-state index is -0.272. The van der Waals surface area contributed by atoms with Crippen LogP contribution in [-0.4, -0.2) is 30.9 Å². The summed E-state index contributed by atoms with van der Waals surface area (Å²) in [7, 11) is 3.79. The molecular weight excluding hydrogens is 243 g/mol. The number of hydrogen-bond acceptors (Lipinski definition) is 2. The number of likely N-dealkylation sites (N-methyl/N-ethyl adjacent to an activating group) is 1. The van der Waals surface area contributed by atoms with E-state index in [9.17, 15) is 9.18 Å². The Morgan fingerprint density at radius 3 is 2.26 bits per heavy atom. The van der Waals surface area contributed by atoms with E-state index in [1.807, 2.05) is 19.0 Å². The molecule has 1 aromatic carbocycles. The number of halogens is 1. The van der Waals surface area contributed by atoms with Crippen LogP contribution in [0.15, 0.2) is 12.1 Å². The zero-order valence-electron chi connectivity index (χ0n) is 12.4. The fourth-order valence-electron chi connectivity index (χ4n) is 2.21. The fourth-order valence-corrected chi connectivity index (χ4v) is 2.21. The summed E-state index contributed by atoms with van der Waals surface area (Å²) in [6.07, 6.45) is 1.75. The number of aryl methyl sites for hydroxylation is 2. The predicted octanol–water partition coefficient (Wildman–Crippen LogP) is 3.11. The van der Waals surface area contributed by atoms with E-state index in [0.717, 1.165) is 24.0 Å². The maximum absolute atomic E-state index is 13.2. The van der Waals surface area contributed by atoms with Crippen molar-refractivity contribution in [1.29, 1.82) is 0 Å². The van der Waals surface area contributed by atoms with E-state index in [1.54, 1.807) is 13.8 Å². The second-order valence-electron chi connectivity index (χ2n) is 5.17. The Morgan fingerprint density at radius 2 is 1.84 bits per heavy atom. The molecule has 0 aliphatic rings. The molecule has 0 bridgehead atoms. The van der Waals surface area contributed by atoms with Crippen molar-refractivity contribution in [2.24, 2.45) is 0 Å². The highest BCUT2D eigenvalue weighted by Gasteiger charge is 2.21. The molecule has 1 rings (SSSR count). The first kappa shape index (κ1) is 15.6. The Bertz CT molecular complexity index is 434. The molecule has 1 amide bonds. The van der Waals surface area contributed by atoms with Crippen molar-refractivity contribution < 1.29 is 9.18 Å². The van der Waals surface area contributed by atoms with Crippen LogP contribution in [0.5, 0.6) is 0 Å². The van der Waals surface area contributed by atoms with Gasteiger partial charge in [0, 0.05) is 5.69 Å². The van der Waals surface area contributed by atoms with Crippen LogP contribution in [0.1, 0.15) is 30.9 Å². The quantitative estimate of drug-likeness (QED) is 0.888. The highest BCUT2D eigenvalue weighted by atomic mass is 19.1. The fraction of sp³-hybridized carbons (Fsp3) is 0.533. The van der Waals surface area contributed by atoms with Gasteiger partial charge in [0.1, 0.15) is 5.82 Å². The number of benzene rings is 1. The van der Waals surface area contributed by atoms with Gasteiger partial charge >= 0.3 is 0 Å². The van der Waals surface area contributed by atoms with Crippen molar-refractivity contribution >= 4 is 11.6 Å². The molecule has 0 heterocycles. The van der Waals surface area contributed by atoms with Crippen LogP contribution >= 0.6 is 0 Å². The number of rotatable bonds is 5. The Labute approximate surface area is 114 Å². The molecule has 0 radical (unpaired) electrons. The van der Waals surface area contributed by atoms with Crippen LogP contribution in [0.25, 0.3) is 0 Å². The first-order valence-electron chi connectivity index (χ1n) is 6.60. The molecule has 0 aromatic heterocycles. The van der Waals surface area contributed by atoms with Gasteiger partial charge in [-0.2, -0.15) is 0 Å². The summed E-state index contributed by atoms with van der Waals surface area (Å²) in [5.41, 5.74) is 2.22. The highest BCUT2D eigenvalue weighted by Crippen LogP contribution is 2.22. The highest BCUT2D eigenvalue weighted by molar-refractivity contribution is 5.96. The van der Waals surface area contributed by atoms with Gasteiger partial charge in [-0.1, -0.05) is 13.3 Å². The van der Waals surface area contributed by atoms with Gasteiger partial charge in [-0.15, -0.1) is 0 Å². The van der Waals surface area contributed by atoms with Crippen LogP contribution in [-0.2, 0) is 4.79 Å². The van der Waals surface area contributed by atoms with Crippen molar-refractivity contribution in [2.75, 3.05) is 19.4 Å². The van der Waals surface area contributed by atoms with Crippen molar-refractivity contribution in [3.63, 3.8) is 0 Å². The number of amides is 1. The molecule has 1 N–H and O–H groups in total. The summed E-state index contributed by atoms with van der Waals surface area (Å²) in [6.45, 7) is 5.66. The van der Waals surface area contributed by atoms with Gasteiger partial charge in [0.15, 0.2) is 0 Å². The van der Waals surface area contributed by atoms with Gasteiger partial charge in [0.05, 0.1) is 6.04 Å². The van der Waals surface area contributed by atoms with Crippen molar-refractivity contribution in [3.05, 3.63) is 29.1 Å². The summed E-state index contributed by atoms with van der Waals surface area (Å²) in [4.78, 5) is 14.2. The van der Waals surface area contributed by atoms with Crippen molar-refractivity contribution in [3.8, 4) is 0 Å². The van der Waals surface area contributed by atoms with E-state index >= 15 is 0 Å². The lowest BCUT2D eigenvalue weighted by atomic mass is 10.1. The Hall–Kier alpha value is -1.42. The van der Waals surface area contributed by atoms with E-state index < -0.39 is 0 Å². The van der Waals surface area contributed by atoms with E-state index in [2.05, 4.69) is 12.2 Å². The first-order valence-corrected chi connectivity index (χ1v) is 6.60. The van der Waals surface area contributed by atoms with Gasteiger partial charge in [-0.05, 0) is 57.6 Å². The molecule has 0 aliphatic heterocycles. The molecule has 0 fully saturated rings. The van der Waals surface area contributed by atoms with E-state index in [-0.39, 0.29) is 17.8 Å². The van der Waals surface area contributed by atoms with E-state index in [4.69, 9.17) is 0 Å². The standard InChI is InChI=1S/C15H23FN2O/c1-6-7-13(18(4)5)15(19)17-14-10(2)8-12(16)9-11(14)3/h8-9,13H,6-7H2,1-5H3,(H,17,19). The Morgan fingerprint density at radius 1 is 1.32 bits per heavy atom. The molecular formula is C15H23FN2O. The molecule has 0 saturated heterocycles. The zero-order valence-corrected chi connectivity index (χ0v) is 12.4. The topological polar surface area (TPSA) is 32.3 Å². The summed E-state index contributed by atoms with van der Waals surface area (Å²) in [5, 5.41) is 2.92. The van der Waals surface area contributed by atoms with Crippen LogP contribution in [0.2, 0.25) is 0 Å². The third kappa shape index (κ3) is 4.03. The molecule has 0 aliphatic carbocycles.